The molecule has 3 atom stereocenters. The van der Waals surface area contributed by atoms with Crippen LogP contribution < -0.4 is 10.1 Å². The van der Waals surface area contributed by atoms with Crippen LogP contribution in [0.2, 0.25) is 0 Å². The molecule has 0 radical (unpaired) electrons. The summed E-state index contributed by atoms with van der Waals surface area (Å²) in [7, 11) is 0. The number of nitrogens with one attached hydrogen (secondary N) is 1. The van der Waals surface area contributed by atoms with Gasteiger partial charge in [-0.05, 0) is 51.3 Å². The first-order valence-corrected chi connectivity index (χ1v) is 7.68. The van der Waals surface area contributed by atoms with Crippen LogP contribution in [-0.4, -0.2) is 23.3 Å². The topological polar surface area (TPSA) is 41.5 Å². The largest absolute Gasteiger partial charge is 0.491 e. The van der Waals surface area contributed by atoms with E-state index in [2.05, 4.69) is 26.1 Å². The molecule has 0 aliphatic carbocycles. The molecule has 3 unspecified atom stereocenters. The van der Waals surface area contributed by atoms with Crippen molar-refractivity contribution in [1.82, 2.24) is 5.32 Å². The van der Waals surface area contributed by atoms with Crippen molar-refractivity contribution in [2.45, 2.75) is 71.8 Å². The molecule has 0 spiro atoms. The zero-order valence-corrected chi connectivity index (χ0v) is 13.4. The van der Waals surface area contributed by atoms with Gasteiger partial charge in [0.25, 0.3) is 0 Å². The van der Waals surface area contributed by atoms with E-state index in [4.69, 9.17) is 4.74 Å². The van der Waals surface area contributed by atoms with Crippen LogP contribution in [0.1, 0.15) is 59.1 Å². The maximum atomic E-state index is 10.5. The second kappa shape index (κ2) is 8.28. The molecule has 0 saturated heterocycles. The fourth-order valence-electron chi connectivity index (χ4n) is 2.16. The monoisotopic (exact) mass is 279 g/mol. The van der Waals surface area contributed by atoms with Crippen molar-refractivity contribution >= 4 is 0 Å². The quantitative estimate of drug-likeness (QED) is 0.763. The summed E-state index contributed by atoms with van der Waals surface area (Å²) in [5, 5.41) is 14.0. The van der Waals surface area contributed by atoms with Crippen LogP contribution in [0.4, 0.5) is 0 Å². The summed E-state index contributed by atoms with van der Waals surface area (Å²) in [6.07, 6.45) is 1.64. The van der Waals surface area contributed by atoms with Gasteiger partial charge in [-0.1, -0.05) is 26.0 Å². The number of hydrogen-bond acceptors (Lipinski definition) is 3. The third kappa shape index (κ3) is 5.14. The van der Waals surface area contributed by atoms with Crippen LogP contribution in [0.5, 0.6) is 5.75 Å². The molecule has 1 rings (SSSR count). The summed E-state index contributed by atoms with van der Waals surface area (Å²) < 4.78 is 5.62. The van der Waals surface area contributed by atoms with E-state index in [1.807, 2.05) is 38.1 Å². The van der Waals surface area contributed by atoms with Gasteiger partial charge in [0.05, 0.1) is 12.2 Å². The highest BCUT2D eigenvalue weighted by Gasteiger charge is 2.20. The fourth-order valence-corrected chi connectivity index (χ4v) is 2.16. The van der Waals surface area contributed by atoms with Crippen LogP contribution in [-0.2, 0) is 0 Å². The number of hydrogen-bond donors (Lipinski definition) is 2. The molecule has 0 bridgehead atoms. The Morgan fingerprint density at radius 3 is 2.10 bits per heavy atom. The molecule has 1 aromatic carbocycles. The lowest BCUT2D eigenvalue weighted by Crippen LogP contribution is -2.40. The maximum Gasteiger partial charge on any atom is 0.119 e. The molecule has 0 saturated carbocycles. The molecule has 0 amide bonds. The Balaban J connectivity index is 2.71. The van der Waals surface area contributed by atoms with E-state index in [9.17, 15) is 5.11 Å². The molecule has 0 aromatic heterocycles. The second-order valence-corrected chi connectivity index (χ2v) is 5.67. The maximum absolute atomic E-state index is 10.5. The van der Waals surface area contributed by atoms with Gasteiger partial charge in [-0.2, -0.15) is 0 Å². The van der Waals surface area contributed by atoms with Crippen molar-refractivity contribution in [3.8, 4) is 5.75 Å². The Labute approximate surface area is 123 Å². The Morgan fingerprint density at radius 2 is 1.65 bits per heavy atom. The van der Waals surface area contributed by atoms with Crippen molar-refractivity contribution < 1.29 is 9.84 Å². The van der Waals surface area contributed by atoms with E-state index in [1.54, 1.807) is 0 Å². The van der Waals surface area contributed by atoms with E-state index < -0.39 is 6.10 Å². The molecule has 114 valence electrons. The van der Waals surface area contributed by atoms with Crippen LogP contribution >= 0.6 is 0 Å². The Kier molecular flexibility index (Phi) is 7.03. The van der Waals surface area contributed by atoms with Crippen molar-refractivity contribution in [3.05, 3.63) is 29.8 Å². The molecule has 0 heterocycles. The number of ether oxygens (including phenoxy) is 1. The van der Waals surface area contributed by atoms with Crippen LogP contribution in [0, 0.1) is 0 Å². The first-order valence-electron chi connectivity index (χ1n) is 7.68. The Bertz CT molecular complexity index is 375. The summed E-state index contributed by atoms with van der Waals surface area (Å²) in [6.45, 7) is 10.4. The van der Waals surface area contributed by atoms with E-state index in [1.165, 1.54) is 0 Å². The third-order valence-corrected chi connectivity index (χ3v) is 3.53. The summed E-state index contributed by atoms with van der Waals surface area (Å²) in [4.78, 5) is 0. The Morgan fingerprint density at radius 1 is 1.05 bits per heavy atom. The van der Waals surface area contributed by atoms with Crippen LogP contribution in [0.3, 0.4) is 0 Å². The molecular weight excluding hydrogens is 250 g/mol. The van der Waals surface area contributed by atoms with Gasteiger partial charge < -0.3 is 15.2 Å². The SMILES string of the molecule is CCC(C)NC(CC)C(O)c1ccc(OC(C)C)cc1. The highest BCUT2D eigenvalue weighted by molar-refractivity contribution is 5.29. The standard InChI is InChI=1S/C17H29NO2/c1-6-13(5)18-16(7-2)17(19)14-8-10-15(11-9-14)20-12(3)4/h8-13,16-19H,6-7H2,1-5H3. The minimum absolute atomic E-state index is 0.0850. The van der Waals surface area contributed by atoms with Gasteiger partial charge in [0.15, 0.2) is 0 Å². The summed E-state index contributed by atoms with van der Waals surface area (Å²) in [6, 6.07) is 8.25. The van der Waals surface area contributed by atoms with Gasteiger partial charge in [0.1, 0.15) is 5.75 Å². The molecule has 20 heavy (non-hydrogen) atoms. The van der Waals surface area contributed by atoms with Crippen LogP contribution in [0.15, 0.2) is 24.3 Å². The van der Waals surface area contributed by atoms with Crippen molar-refractivity contribution in [3.63, 3.8) is 0 Å². The van der Waals surface area contributed by atoms with Gasteiger partial charge >= 0.3 is 0 Å². The molecule has 3 heteroatoms. The molecule has 3 nitrogen and oxygen atoms in total. The molecule has 1 aromatic rings. The predicted molar refractivity (Wildman–Crippen MR) is 84.1 cm³/mol. The van der Waals surface area contributed by atoms with Crippen LogP contribution in [0.25, 0.3) is 0 Å². The lowest BCUT2D eigenvalue weighted by Gasteiger charge is -2.26. The average Bonchev–Trinajstić information content (AvgIpc) is 2.44. The highest BCUT2D eigenvalue weighted by atomic mass is 16.5. The molecule has 0 fully saturated rings. The number of aliphatic hydroxyl groups is 1. The van der Waals surface area contributed by atoms with E-state index >= 15 is 0 Å². The normalized spacial score (nSPS) is 15.9. The second-order valence-electron chi connectivity index (χ2n) is 5.67. The summed E-state index contributed by atoms with van der Waals surface area (Å²) >= 11 is 0. The zero-order valence-electron chi connectivity index (χ0n) is 13.4. The third-order valence-electron chi connectivity index (χ3n) is 3.53. The molecular formula is C17H29NO2. The first kappa shape index (κ1) is 17.0. The minimum Gasteiger partial charge on any atom is -0.491 e. The van der Waals surface area contributed by atoms with E-state index in [0.29, 0.717) is 6.04 Å². The molecule has 2 N–H and O–H groups in total. The van der Waals surface area contributed by atoms with Gasteiger partial charge in [-0.15, -0.1) is 0 Å². The smallest absolute Gasteiger partial charge is 0.119 e. The predicted octanol–water partition coefficient (Wildman–Crippen LogP) is 3.67. The number of aliphatic hydroxyl groups excluding tert-OH is 1. The number of benzene rings is 1. The summed E-state index contributed by atoms with van der Waals surface area (Å²) in [5.41, 5.74) is 0.934. The van der Waals surface area contributed by atoms with Gasteiger partial charge in [-0.3, -0.25) is 0 Å². The lowest BCUT2D eigenvalue weighted by molar-refractivity contribution is 0.119. The highest BCUT2D eigenvalue weighted by Crippen LogP contribution is 2.22. The first-order chi connectivity index (χ1) is 9.47. The van der Waals surface area contributed by atoms with E-state index in [-0.39, 0.29) is 12.1 Å². The molecule has 0 aliphatic rings. The lowest BCUT2D eigenvalue weighted by atomic mass is 9.99. The van der Waals surface area contributed by atoms with Crippen molar-refractivity contribution in [2.75, 3.05) is 0 Å². The van der Waals surface area contributed by atoms with Gasteiger partial charge in [-0.25, -0.2) is 0 Å². The zero-order chi connectivity index (χ0) is 15.1. The fraction of sp³-hybridized carbons (Fsp3) is 0.647. The van der Waals surface area contributed by atoms with Gasteiger partial charge in [0, 0.05) is 12.1 Å². The average molecular weight is 279 g/mol. The van der Waals surface area contributed by atoms with E-state index in [0.717, 1.165) is 24.2 Å². The Hall–Kier alpha value is -1.06. The molecule has 0 aliphatic heterocycles. The summed E-state index contributed by atoms with van der Waals surface area (Å²) in [5.74, 6) is 0.846. The van der Waals surface area contributed by atoms with Gasteiger partial charge in [0.2, 0.25) is 0 Å². The van der Waals surface area contributed by atoms with Crippen molar-refractivity contribution in [2.24, 2.45) is 0 Å². The van der Waals surface area contributed by atoms with Crippen molar-refractivity contribution in [1.29, 1.82) is 0 Å². The minimum atomic E-state index is -0.484. The number of rotatable bonds is 8.